The number of carbonyl (C=O) groups excluding carboxylic acids is 1. The van der Waals surface area contributed by atoms with Crippen molar-refractivity contribution < 1.29 is 19.4 Å². The van der Waals surface area contributed by atoms with E-state index in [1.807, 2.05) is 17.5 Å². The van der Waals surface area contributed by atoms with E-state index in [-0.39, 0.29) is 17.1 Å². The zero-order valence-corrected chi connectivity index (χ0v) is 10.4. The van der Waals surface area contributed by atoms with Crippen LogP contribution < -0.4 is 4.74 Å². The number of hydrogen-bond donors (Lipinski definition) is 1. The Balaban J connectivity index is 2.00. The fraction of sp³-hybridized carbons (Fsp3) is 0. The lowest BCUT2D eigenvalue weighted by Gasteiger charge is -1.97. The lowest BCUT2D eigenvalue weighted by Crippen LogP contribution is -2.00. The molecule has 0 bridgehead atoms. The lowest BCUT2D eigenvalue weighted by atomic mass is 10.1. The van der Waals surface area contributed by atoms with Crippen LogP contribution in [0.1, 0.15) is 25.6 Å². The van der Waals surface area contributed by atoms with E-state index in [9.17, 15) is 9.59 Å². The van der Waals surface area contributed by atoms with Crippen LogP contribution in [0.25, 0.3) is 6.08 Å². The first-order valence-corrected chi connectivity index (χ1v) is 6.38. The Morgan fingerprint density at radius 3 is 2.84 bits per heavy atom. The van der Waals surface area contributed by atoms with Crippen molar-refractivity contribution in [3.63, 3.8) is 0 Å². The molecular weight excluding hydrogens is 264 g/mol. The zero-order chi connectivity index (χ0) is 13.4. The Hall–Kier alpha value is -2.40. The molecule has 0 radical (unpaired) electrons. The summed E-state index contributed by atoms with van der Waals surface area (Å²) in [6.45, 7) is 0. The van der Waals surface area contributed by atoms with Crippen LogP contribution in [0.2, 0.25) is 0 Å². The molecule has 0 spiro atoms. The number of ketones is 1. The number of allylic oxidation sites excluding steroid dienone is 1. The number of ether oxygens (including phenoxy) is 1. The summed E-state index contributed by atoms with van der Waals surface area (Å²) in [7, 11) is 0. The largest absolute Gasteiger partial charge is 0.478 e. The molecule has 4 nitrogen and oxygen atoms in total. The summed E-state index contributed by atoms with van der Waals surface area (Å²) in [5.41, 5.74) is 0.371. The number of rotatable bonds is 2. The van der Waals surface area contributed by atoms with Gasteiger partial charge in [0.25, 0.3) is 0 Å². The van der Waals surface area contributed by atoms with Crippen molar-refractivity contribution in [2.24, 2.45) is 0 Å². The van der Waals surface area contributed by atoms with Crippen LogP contribution in [-0.2, 0) is 0 Å². The third kappa shape index (κ3) is 2.04. The SMILES string of the molecule is O=C(O)c1ccc2c(c1)C(=O)C(=Cc1cccs1)O2. The average Bonchev–Trinajstić information content (AvgIpc) is 2.99. The average molecular weight is 272 g/mol. The highest BCUT2D eigenvalue weighted by atomic mass is 32.1. The van der Waals surface area contributed by atoms with Gasteiger partial charge < -0.3 is 9.84 Å². The maximum Gasteiger partial charge on any atom is 0.335 e. The minimum atomic E-state index is -1.06. The van der Waals surface area contributed by atoms with Crippen molar-refractivity contribution >= 4 is 29.2 Å². The van der Waals surface area contributed by atoms with Crippen molar-refractivity contribution in [2.45, 2.75) is 0 Å². The summed E-state index contributed by atoms with van der Waals surface area (Å²) in [5.74, 6) is -0.726. The first-order valence-electron chi connectivity index (χ1n) is 5.50. The van der Waals surface area contributed by atoms with Gasteiger partial charge in [0, 0.05) is 11.0 Å². The summed E-state index contributed by atoms with van der Waals surface area (Å²) in [5, 5.41) is 10.8. The minimum Gasteiger partial charge on any atom is -0.478 e. The van der Waals surface area contributed by atoms with Crippen LogP contribution in [0.15, 0.2) is 41.5 Å². The standard InChI is InChI=1S/C14H8O4S/c15-13-10-6-8(14(16)17)3-4-11(10)18-12(13)7-9-2-1-5-19-9/h1-7H,(H,16,17). The summed E-state index contributed by atoms with van der Waals surface area (Å²) >= 11 is 1.50. The number of Topliss-reactive ketones (excluding diaryl/α,β-unsaturated/α-hetero) is 1. The van der Waals surface area contributed by atoms with Crippen LogP contribution in [0.4, 0.5) is 0 Å². The maximum atomic E-state index is 12.1. The van der Waals surface area contributed by atoms with E-state index >= 15 is 0 Å². The van der Waals surface area contributed by atoms with Gasteiger partial charge in [-0.2, -0.15) is 0 Å². The number of hydrogen-bond acceptors (Lipinski definition) is 4. The van der Waals surface area contributed by atoms with Crippen LogP contribution in [-0.4, -0.2) is 16.9 Å². The molecule has 0 atom stereocenters. The number of carbonyl (C=O) groups is 2. The molecule has 2 heterocycles. The normalized spacial score (nSPS) is 15.4. The van der Waals surface area contributed by atoms with Crippen molar-refractivity contribution in [3.05, 3.63) is 57.5 Å². The van der Waals surface area contributed by atoms with Gasteiger partial charge in [0.1, 0.15) is 5.75 Å². The van der Waals surface area contributed by atoms with E-state index in [1.165, 1.54) is 29.5 Å². The Kier molecular flexibility index (Phi) is 2.68. The third-order valence-corrected chi connectivity index (χ3v) is 3.55. The number of carboxylic acid groups (broad SMARTS) is 1. The molecule has 94 valence electrons. The molecular formula is C14H8O4S. The van der Waals surface area contributed by atoms with Gasteiger partial charge in [-0.05, 0) is 29.6 Å². The molecule has 0 saturated heterocycles. The number of carboxylic acids is 1. The lowest BCUT2D eigenvalue weighted by molar-refractivity contribution is 0.0697. The molecule has 0 unspecified atom stereocenters. The van der Waals surface area contributed by atoms with Gasteiger partial charge in [-0.3, -0.25) is 4.79 Å². The van der Waals surface area contributed by atoms with E-state index in [1.54, 1.807) is 6.08 Å². The highest BCUT2D eigenvalue weighted by Crippen LogP contribution is 2.33. The van der Waals surface area contributed by atoms with Gasteiger partial charge in [0.05, 0.1) is 11.1 Å². The van der Waals surface area contributed by atoms with Crippen LogP contribution >= 0.6 is 11.3 Å². The summed E-state index contributed by atoms with van der Waals surface area (Å²) in [6, 6.07) is 8.02. The summed E-state index contributed by atoms with van der Waals surface area (Å²) in [6.07, 6.45) is 1.66. The Morgan fingerprint density at radius 1 is 1.32 bits per heavy atom. The van der Waals surface area contributed by atoms with Gasteiger partial charge in [0.15, 0.2) is 5.76 Å². The smallest absolute Gasteiger partial charge is 0.335 e. The first-order chi connectivity index (χ1) is 9.15. The highest BCUT2D eigenvalue weighted by molar-refractivity contribution is 7.10. The fourth-order valence-electron chi connectivity index (χ4n) is 1.82. The van der Waals surface area contributed by atoms with E-state index in [4.69, 9.17) is 9.84 Å². The molecule has 1 aliphatic heterocycles. The summed E-state index contributed by atoms with van der Waals surface area (Å²) < 4.78 is 5.45. The second-order valence-electron chi connectivity index (χ2n) is 3.97. The van der Waals surface area contributed by atoms with Crippen molar-refractivity contribution in [3.8, 4) is 5.75 Å². The third-order valence-electron chi connectivity index (χ3n) is 2.73. The number of benzene rings is 1. The molecule has 0 aliphatic carbocycles. The van der Waals surface area contributed by atoms with Gasteiger partial charge in [-0.25, -0.2) is 4.79 Å². The minimum absolute atomic E-state index is 0.0769. The van der Waals surface area contributed by atoms with Crippen molar-refractivity contribution in [2.75, 3.05) is 0 Å². The fourth-order valence-corrected chi connectivity index (χ4v) is 2.47. The molecule has 1 N–H and O–H groups in total. The second kappa shape index (κ2) is 4.37. The second-order valence-corrected chi connectivity index (χ2v) is 4.95. The van der Waals surface area contributed by atoms with Crippen LogP contribution in [0.5, 0.6) is 5.75 Å². The molecule has 1 aromatic carbocycles. The van der Waals surface area contributed by atoms with Crippen LogP contribution in [0, 0.1) is 0 Å². The Morgan fingerprint density at radius 2 is 2.16 bits per heavy atom. The quantitative estimate of drug-likeness (QED) is 0.853. The van der Waals surface area contributed by atoms with Gasteiger partial charge in [-0.15, -0.1) is 11.3 Å². The molecule has 5 heteroatoms. The predicted octanol–water partition coefficient (Wildman–Crippen LogP) is 3.06. The molecule has 2 aromatic rings. The number of aromatic carboxylic acids is 1. The molecule has 0 saturated carbocycles. The Labute approximate surface area is 112 Å². The van der Waals surface area contributed by atoms with E-state index < -0.39 is 5.97 Å². The predicted molar refractivity (Wildman–Crippen MR) is 70.7 cm³/mol. The van der Waals surface area contributed by atoms with Gasteiger partial charge in [-0.1, -0.05) is 6.07 Å². The molecule has 19 heavy (non-hydrogen) atoms. The zero-order valence-electron chi connectivity index (χ0n) is 9.62. The molecule has 3 rings (SSSR count). The van der Waals surface area contributed by atoms with Crippen LogP contribution in [0.3, 0.4) is 0 Å². The number of thiophene rings is 1. The first kappa shape index (κ1) is 11.7. The molecule has 1 aliphatic rings. The van der Waals surface area contributed by atoms with Gasteiger partial charge >= 0.3 is 5.97 Å². The Bertz CT molecular complexity index is 698. The van der Waals surface area contributed by atoms with E-state index in [0.29, 0.717) is 11.3 Å². The van der Waals surface area contributed by atoms with E-state index in [0.717, 1.165) is 4.88 Å². The number of fused-ring (bicyclic) bond motifs is 1. The van der Waals surface area contributed by atoms with Gasteiger partial charge in [0.2, 0.25) is 5.78 Å². The topological polar surface area (TPSA) is 63.6 Å². The maximum absolute atomic E-state index is 12.1. The molecule has 0 fully saturated rings. The molecule has 1 aromatic heterocycles. The molecule has 0 amide bonds. The highest BCUT2D eigenvalue weighted by Gasteiger charge is 2.28. The summed E-state index contributed by atoms with van der Waals surface area (Å²) in [4.78, 5) is 23.9. The monoisotopic (exact) mass is 272 g/mol. The van der Waals surface area contributed by atoms with Crippen molar-refractivity contribution in [1.29, 1.82) is 0 Å². The van der Waals surface area contributed by atoms with E-state index in [2.05, 4.69) is 0 Å². The van der Waals surface area contributed by atoms with Crippen molar-refractivity contribution in [1.82, 2.24) is 0 Å².